The van der Waals surface area contributed by atoms with Crippen LogP contribution >= 0.6 is 0 Å². The quantitative estimate of drug-likeness (QED) is 0.0199. The summed E-state index contributed by atoms with van der Waals surface area (Å²) in [5.74, 6) is -14.4. The molecule has 0 saturated heterocycles. The predicted octanol–water partition coefficient (Wildman–Crippen LogP) is 20.4. The molecule has 0 aromatic heterocycles. The molecule has 30 heteroatoms. The van der Waals surface area contributed by atoms with Crippen LogP contribution in [0.3, 0.4) is 0 Å². The first-order valence-corrected chi connectivity index (χ1v) is 59.6. The van der Waals surface area contributed by atoms with E-state index in [0.717, 1.165) is 64.2 Å². The molecule has 0 aliphatic rings. The second-order valence-corrected chi connectivity index (χ2v) is 42.5. The molecule has 0 radical (unpaired) electrons. The highest BCUT2D eigenvalue weighted by molar-refractivity contribution is 5.70. The fourth-order valence-electron chi connectivity index (χ4n) is 19.7. The van der Waals surface area contributed by atoms with E-state index in [9.17, 15) is 126 Å². The Hall–Kier alpha value is -4.75. The number of aliphatic carboxylic acids is 5. The van der Waals surface area contributed by atoms with E-state index < -0.39 is 242 Å². The number of aliphatic hydroxyl groups is 20. The van der Waals surface area contributed by atoms with Gasteiger partial charge in [-0.1, -0.05) is 326 Å². The molecule has 0 spiro atoms. The van der Waals surface area contributed by atoms with Crippen molar-refractivity contribution in [2.24, 2.45) is 53.3 Å². The van der Waals surface area contributed by atoms with E-state index in [4.69, 9.17) is 25.5 Å². The van der Waals surface area contributed by atoms with Crippen molar-refractivity contribution in [3.05, 3.63) is 60.8 Å². The van der Waals surface area contributed by atoms with Crippen molar-refractivity contribution in [1.82, 2.24) is 0 Å². The first-order chi connectivity index (χ1) is 72.3. The third-order valence-corrected chi connectivity index (χ3v) is 28.5. The van der Waals surface area contributed by atoms with Crippen LogP contribution in [0.5, 0.6) is 0 Å². The Labute approximate surface area is 907 Å². The monoisotopic (exact) mass is 2150 g/mol. The lowest BCUT2D eigenvalue weighted by molar-refractivity contribution is -0.149. The summed E-state index contributed by atoms with van der Waals surface area (Å²) < 4.78 is 0. The topological polar surface area (TPSA) is 591 Å². The molecule has 0 heterocycles. The highest BCUT2D eigenvalue weighted by Gasteiger charge is 2.47. The van der Waals surface area contributed by atoms with Crippen molar-refractivity contribution in [2.45, 2.75) is 551 Å². The lowest BCUT2D eigenvalue weighted by atomic mass is 9.59. The van der Waals surface area contributed by atoms with E-state index in [-0.39, 0.29) is 25.9 Å². The Morgan fingerprint density at radius 3 is 0.627 bits per heavy atom. The van der Waals surface area contributed by atoms with Gasteiger partial charge in [-0.05, 0) is 246 Å². The number of carboxylic acid groups (broad SMARTS) is 5. The summed E-state index contributed by atoms with van der Waals surface area (Å²) in [5.41, 5.74) is 0. The van der Waals surface area contributed by atoms with Gasteiger partial charge in [0.05, 0.1) is 133 Å². The number of unbranched alkanes of at least 4 members (excludes halogenated alkanes) is 48. The third kappa shape index (κ3) is 105. The van der Waals surface area contributed by atoms with Crippen LogP contribution in [0.4, 0.5) is 0 Å². The van der Waals surface area contributed by atoms with E-state index >= 15 is 0 Å². The Kier molecular flexibility index (Phi) is 120. The summed E-state index contributed by atoms with van der Waals surface area (Å²) in [7, 11) is 0. The minimum Gasteiger partial charge on any atom is -0.481 e. The van der Waals surface area contributed by atoms with Gasteiger partial charge in [-0.3, -0.25) is 24.0 Å². The van der Waals surface area contributed by atoms with Gasteiger partial charge in [0, 0.05) is 25.7 Å². The zero-order valence-corrected chi connectivity index (χ0v) is 94.4. The van der Waals surface area contributed by atoms with Gasteiger partial charge >= 0.3 is 29.8 Å². The molecule has 0 aliphatic carbocycles. The van der Waals surface area contributed by atoms with Crippen LogP contribution in [-0.4, -0.2) is 285 Å². The molecule has 0 fully saturated rings. The molecule has 150 heavy (non-hydrogen) atoms. The summed E-state index contributed by atoms with van der Waals surface area (Å²) in [4.78, 5) is 54.4. The van der Waals surface area contributed by atoms with E-state index in [0.29, 0.717) is 57.8 Å². The van der Waals surface area contributed by atoms with E-state index in [1.165, 1.54) is 283 Å². The summed E-state index contributed by atoms with van der Waals surface area (Å²) in [5, 5.41) is 254. The van der Waals surface area contributed by atoms with Gasteiger partial charge in [-0.15, -0.1) is 0 Å². The molecular formula is C120H230O30. The number of carbonyl (C=O) groups is 5. The van der Waals surface area contributed by atoms with Crippen LogP contribution in [0.15, 0.2) is 60.8 Å². The second kappa shape index (κ2) is 117. The molecule has 0 aromatic rings. The number of hydrogen-bond acceptors (Lipinski definition) is 25. The SMILES string of the molecule is CCCCCCCCC=CCCCCCCCC(=O)O.CCCCCCCCC=CCCCCCCCC(=O)O.CCCCCCCCC=CCCCCCCCC(=O)O.CCCCCCCCC=CCCCCCCCC(=O)O.O=C(O)C(CC(O)CO)C(CC(O)CO)C(CC(O)CO)C(CC(O)CO)C(CC(O)CO)C(CC(O)CO)C(C=CC(CC(O)CO)C(CCCCCCCC(O)CO)CC(O)CO)CC(O)CO. The lowest BCUT2D eigenvalue weighted by Gasteiger charge is -2.47. The Bertz CT molecular complexity index is 2820. The Morgan fingerprint density at radius 2 is 0.373 bits per heavy atom. The second-order valence-electron chi connectivity index (χ2n) is 42.5. The highest BCUT2D eigenvalue weighted by atomic mass is 16.4. The van der Waals surface area contributed by atoms with E-state index in [2.05, 4.69) is 76.3 Å². The molecule has 19 unspecified atom stereocenters. The number of aliphatic hydroxyl groups excluding tert-OH is 20. The highest BCUT2D eigenvalue weighted by Crippen LogP contribution is 2.49. The summed E-state index contributed by atoms with van der Waals surface area (Å²) in [6.45, 7) is 1.33. The summed E-state index contributed by atoms with van der Waals surface area (Å²) in [6.07, 6.45) is 74.7. The maximum absolute atomic E-state index is 13.1. The maximum atomic E-state index is 13.1. The molecule has 0 saturated carbocycles. The van der Waals surface area contributed by atoms with Crippen LogP contribution in [-0.2, 0) is 24.0 Å². The van der Waals surface area contributed by atoms with Crippen molar-refractivity contribution in [3.63, 3.8) is 0 Å². The first kappa shape index (κ1) is 154. The van der Waals surface area contributed by atoms with Crippen LogP contribution in [0.2, 0.25) is 0 Å². The number of carboxylic acids is 5. The van der Waals surface area contributed by atoms with Crippen molar-refractivity contribution in [3.8, 4) is 0 Å². The molecule has 0 bridgehead atoms. The van der Waals surface area contributed by atoms with E-state index in [1.807, 2.05) is 0 Å². The normalized spacial score (nSPS) is 15.7. The minimum absolute atomic E-state index is 0.0288. The van der Waals surface area contributed by atoms with Gasteiger partial charge in [0.2, 0.25) is 0 Å². The Balaban J connectivity index is -0.000000699. The zero-order valence-electron chi connectivity index (χ0n) is 94.4. The van der Waals surface area contributed by atoms with Crippen molar-refractivity contribution >= 4 is 29.8 Å². The average Bonchev–Trinajstić information content (AvgIpc) is 0.784. The average molecular weight is 2150 g/mol. The molecule has 0 aliphatic heterocycles. The van der Waals surface area contributed by atoms with Gasteiger partial charge in [-0.2, -0.15) is 0 Å². The van der Waals surface area contributed by atoms with E-state index in [1.54, 1.807) is 12.2 Å². The molecule has 30 nitrogen and oxygen atoms in total. The van der Waals surface area contributed by atoms with Crippen molar-refractivity contribution in [1.29, 1.82) is 0 Å². The molecule has 0 amide bonds. The molecule has 25 N–H and O–H groups in total. The van der Waals surface area contributed by atoms with Crippen LogP contribution in [0.25, 0.3) is 0 Å². The summed E-state index contributed by atoms with van der Waals surface area (Å²) in [6, 6.07) is 0. The van der Waals surface area contributed by atoms with Crippen molar-refractivity contribution < 1.29 is 152 Å². The van der Waals surface area contributed by atoms with Crippen LogP contribution in [0.1, 0.15) is 490 Å². The molecule has 0 aromatic carbocycles. The zero-order chi connectivity index (χ0) is 113. The van der Waals surface area contributed by atoms with Crippen LogP contribution in [0, 0.1) is 53.3 Å². The van der Waals surface area contributed by atoms with Gasteiger partial charge in [-0.25, -0.2) is 0 Å². The molecular weight excluding hydrogens is 1920 g/mol. The lowest BCUT2D eigenvalue weighted by Crippen LogP contribution is -2.46. The van der Waals surface area contributed by atoms with Gasteiger partial charge in [0.1, 0.15) is 0 Å². The Morgan fingerprint density at radius 1 is 0.187 bits per heavy atom. The number of allylic oxidation sites excluding steroid dienone is 10. The third-order valence-electron chi connectivity index (χ3n) is 28.5. The largest absolute Gasteiger partial charge is 0.481 e. The fraction of sp³-hybridized carbons (Fsp3) is 0.875. The van der Waals surface area contributed by atoms with Crippen molar-refractivity contribution in [2.75, 3.05) is 66.1 Å². The molecule has 0 rings (SSSR count). The fourth-order valence-corrected chi connectivity index (χ4v) is 19.7. The van der Waals surface area contributed by atoms with Crippen LogP contribution < -0.4 is 0 Å². The van der Waals surface area contributed by atoms with Gasteiger partial charge in [0.25, 0.3) is 0 Å². The number of rotatable bonds is 106. The predicted molar refractivity (Wildman–Crippen MR) is 601 cm³/mol. The van der Waals surface area contributed by atoms with Gasteiger partial charge in [0.15, 0.2) is 0 Å². The standard InChI is InChI=1S/C48H94O22.4C18H34O2/c49-19-32(59)7-5-3-1-2-4-6-29(10-33(60)20-50)30(11-34(61)21-51)8-9-31(12-35(62)22-52)42(13-36(63)23-53)43(14-37(64)24-54)44(15-38(65)25-55)45(16-39(66)26-56)46(17-40(67)27-57)47(48(69)70)18-41(68)28-58;4*1-2-3-4-5-6-7-8-9-10-11-12-13-14-15-16-17-18(19)20/h8-9,29-47,49-68H,1-7,10-28H2,(H,69,70);4*9-10H,2-8,11-17H2,1H3,(H,19,20). The first-order valence-electron chi connectivity index (χ1n) is 59.6. The molecule has 19 atom stereocenters. The molecule has 890 valence electrons. The minimum atomic E-state index is -1.67. The smallest absolute Gasteiger partial charge is 0.306 e. The number of hydrogen-bond donors (Lipinski definition) is 25. The summed E-state index contributed by atoms with van der Waals surface area (Å²) >= 11 is 0. The van der Waals surface area contributed by atoms with Gasteiger partial charge < -0.3 is 128 Å². The maximum Gasteiger partial charge on any atom is 0.306 e.